The number of nitriles is 1. The second-order valence-corrected chi connectivity index (χ2v) is 4.56. The molecule has 1 aromatic carbocycles. The van der Waals surface area contributed by atoms with E-state index in [1.165, 1.54) is 0 Å². The van der Waals surface area contributed by atoms with Gasteiger partial charge in [-0.3, -0.25) is 4.79 Å². The Balaban J connectivity index is 2.32. The van der Waals surface area contributed by atoms with Crippen LogP contribution in [0.15, 0.2) is 24.3 Å². The molecule has 0 spiro atoms. The standard InChI is InChI=1S/C14H17N3O3/c1-10(2-7-13(18)19)9-16-14(20)17-12-5-3-11(8-15)4-6-12/h3-6,10H,2,7,9H2,1H3,(H,18,19)(H2,16,17,20). The number of nitrogens with zero attached hydrogens (tertiary/aromatic N) is 1. The van der Waals surface area contributed by atoms with E-state index in [9.17, 15) is 9.59 Å². The molecule has 1 aromatic rings. The molecule has 0 aliphatic rings. The normalized spacial score (nSPS) is 11.2. The molecule has 6 nitrogen and oxygen atoms in total. The van der Waals surface area contributed by atoms with Crippen LogP contribution in [-0.2, 0) is 4.79 Å². The van der Waals surface area contributed by atoms with Crippen LogP contribution < -0.4 is 10.6 Å². The minimum absolute atomic E-state index is 0.0952. The lowest BCUT2D eigenvalue weighted by molar-refractivity contribution is -0.137. The first-order valence-electron chi connectivity index (χ1n) is 6.28. The van der Waals surface area contributed by atoms with Gasteiger partial charge in [0.15, 0.2) is 0 Å². The van der Waals surface area contributed by atoms with Gasteiger partial charge in [0.2, 0.25) is 0 Å². The topological polar surface area (TPSA) is 102 Å². The average Bonchev–Trinajstić information content (AvgIpc) is 2.43. The molecule has 1 rings (SSSR count). The number of benzene rings is 1. The van der Waals surface area contributed by atoms with Gasteiger partial charge in [-0.1, -0.05) is 6.92 Å². The number of carboxylic acid groups (broad SMARTS) is 1. The van der Waals surface area contributed by atoms with Gasteiger partial charge in [0, 0.05) is 18.7 Å². The lowest BCUT2D eigenvalue weighted by atomic mass is 10.1. The van der Waals surface area contributed by atoms with Crippen molar-refractivity contribution >= 4 is 17.7 Å². The van der Waals surface area contributed by atoms with E-state index in [1.54, 1.807) is 24.3 Å². The maximum atomic E-state index is 11.6. The highest BCUT2D eigenvalue weighted by molar-refractivity contribution is 5.89. The summed E-state index contributed by atoms with van der Waals surface area (Å²) in [6.45, 7) is 2.29. The van der Waals surface area contributed by atoms with Gasteiger partial charge in [-0.2, -0.15) is 5.26 Å². The summed E-state index contributed by atoms with van der Waals surface area (Å²) in [7, 11) is 0. The van der Waals surface area contributed by atoms with Gasteiger partial charge in [-0.05, 0) is 36.6 Å². The number of carbonyl (C=O) groups is 2. The fraction of sp³-hybridized carbons (Fsp3) is 0.357. The highest BCUT2D eigenvalue weighted by Crippen LogP contribution is 2.09. The number of hydrogen-bond donors (Lipinski definition) is 3. The third-order valence-corrected chi connectivity index (χ3v) is 2.73. The third kappa shape index (κ3) is 5.87. The van der Waals surface area contributed by atoms with Gasteiger partial charge in [0.05, 0.1) is 11.6 Å². The molecule has 1 unspecified atom stereocenters. The second kappa shape index (κ2) is 7.79. The summed E-state index contributed by atoms with van der Waals surface area (Å²) in [5.74, 6) is -0.739. The van der Waals surface area contributed by atoms with Crippen LogP contribution >= 0.6 is 0 Å². The molecule has 0 aromatic heterocycles. The number of urea groups is 1. The first-order valence-corrected chi connectivity index (χ1v) is 6.28. The van der Waals surface area contributed by atoms with Gasteiger partial charge < -0.3 is 15.7 Å². The number of rotatable bonds is 6. The maximum Gasteiger partial charge on any atom is 0.319 e. The zero-order valence-electron chi connectivity index (χ0n) is 11.2. The van der Waals surface area contributed by atoms with Crippen LogP contribution in [-0.4, -0.2) is 23.7 Å². The predicted molar refractivity (Wildman–Crippen MR) is 74.2 cm³/mol. The Labute approximate surface area is 117 Å². The van der Waals surface area contributed by atoms with E-state index >= 15 is 0 Å². The van der Waals surface area contributed by atoms with Gasteiger partial charge in [-0.25, -0.2) is 4.79 Å². The van der Waals surface area contributed by atoms with Crippen LogP contribution in [0.5, 0.6) is 0 Å². The quantitative estimate of drug-likeness (QED) is 0.740. The minimum atomic E-state index is -0.834. The van der Waals surface area contributed by atoms with Crippen LogP contribution in [0.1, 0.15) is 25.3 Å². The molecule has 0 saturated carbocycles. The molecular weight excluding hydrogens is 258 g/mol. The maximum absolute atomic E-state index is 11.6. The lowest BCUT2D eigenvalue weighted by Crippen LogP contribution is -2.32. The number of anilines is 1. The van der Waals surface area contributed by atoms with Crippen LogP contribution in [0.4, 0.5) is 10.5 Å². The molecule has 0 fully saturated rings. The molecule has 0 radical (unpaired) electrons. The monoisotopic (exact) mass is 275 g/mol. The van der Waals surface area contributed by atoms with Crippen molar-refractivity contribution in [2.75, 3.05) is 11.9 Å². The molecule has 0 aliphatic heterocycles. The zero-order chi connectivity index (χ0) is 15.0. The number of carboxylic acids is 1. The Kier molecular flexibility index (Phi) is 6.04. The fourth-order valence-corrected chi connectivity index (χ4v) is 1.54. The SMILES string of the molecule is CC(CCC(=O)O)CNC(=O)Nc1ccc(C#N)cc1. The van der Waals surface area contributed by atoms with E-state index in [0.29, 0.717) is 24.2 Å². The predicted octanol–water partition coefficient (Wildman–Crippen LogP) is 2.18. The Morgan fingerprint density at radius 2 is 2.00 bits per heavy atom. The van der Waals surface area contributed by atoms with Gasteiger partial charge in [0.1, 0.15) is 0 Å². The summed E-state index contributed by atoms with van der Waals surface area (Å²) in [6, 6.07) is 8.17. The van der Waals surface area contributed by atoms with Crippen LogP contribution in [0, 0.1) is 17.2 Å². The molecule has 0 aliphatic carbocycles. The molecule has 6 heteroatoms. The first kappa shape index (κ1) is 15.5. The summed E-state index contributed by atoms with van der Waals surface area (Å²) < 4.78 is 0. The van der Waals surface area contributed by atoms with Gasteiger partial charge >= 0.3 is 12.0 Å². The number of aliphatic carboxylic acids is 1. The molecule has 1 atom stereocenters. The number of carbonyl (C=O) groups excluding carboxylic acids is 1. The number of nitrogens with one attached hydrogen (secondary N) is 2. The zero-order valence-corrected chi connectivity index (χ0v) is 11.2. The molecule has 0 heterocycles. The highest BCUT2D eigenvalue weighted by Gasteiger charge is 2.07. The third-order valence-electron chi connectivity index (χ3n) is 2.73. The summed E-state index contributed by atoms with van der Waals surface area (Å²) in [5, 5.41) is 22.5. The van der Waals surface area contributed by atoms with Crippen molar-refractivity contribution in [1.82, 2.24) is 5.32 Å². The highest BCUT2D eigenvalue weighted by atomic mass is 16.4. The Morgan fingerprint density at radius 3 is 2.55 bits per heavy atom. The van der Waals surface area contributed by atoms with Crippen molar-refractivity contribution in [3.05, 3.63) is 29.8 Å². The van der Waals surface area contributed by atoms with Crippen molar-refractivity contribution in [1.29, 1.82) is 5.26 Å². The van der Waals surface area contributed by atoms with E-state index < -0.39 is 5.97 Å². The van der Waals surface area contributed by atoms with Crippen molar-refractivity contribution in [2.45, 2.75) is 19.8 Å². The van der Waals surface area contributed by atoms with E-state index in [-0.39, 0.29) is 18.4 Å². The fourth-order valence-electron chi connectivity index (χ4n) is 1.54. The summed E-state index contributed by atoms with van der Waals surface area (Å²) in [4.78, 5) is 22.0. The van der Waals surface area contributed by atoms with E-state index in [1.807, 2.05) is 13.0 Å². The summed E-state index contributed by atoms with van der Waals surface area (Å²) in [6.07, 6.45) is 0.618. The second-order valence-electron chi connectivity index (χ2n) is 4.56. The van der Waals surface area contributed by atoms with Crippen molar-refractivity contribution in [3.63, 3.8) is 0 Å². The largest absolute Gasteiger partial charge is 0.481 e. The van der Waals surface area contributed by atoms with Crippen LogP contribution in [0.3, 0.4) is 0 Å². The Bertz CT molecular complexity index is 505. The molecule has 2 amide bonds. The van der Waals surface area contributed by atoms with Crippen molar-refractivity contribution in [2.24, 2.45) is 5.92 Å². The molecular formula is C14H17N3O3. The Hall–Kier alpha value is -2.55. The number of amides is 2. The van der Waals surface area contributed by atoms with Gasteiger partial charge in [-0.15, -0.1) is 0 Å². The summed E-state index contributed by atoms with van der Waals surface area (Å²) >= 11 is 0. The molecule has 0 bridgehead atoms. The minimum Gasteiger partial charge on any atom is -0.481 e. The van der Waals surface area contributed by atoms with E-state index in [4.69, 9.17) is 10.4 Å². The Morgan fingerprint density at radius 1 is 1.35 bits per heavy atom. The molecule has 0 saturated heterocycles. The molecule has 106 valence electrons. The smallest absolute Gasteiger partial charge is 0.319 e. The van der Waals surface area contributed by atoms with E-state index in [0.717, 1.165) is 0 Å². The van der Waals surface area contributed by atoms with Crippen molar-refractivity contribution < 1.29 is 14.7 Å². The molecule has 20 heavy (non-hydrogen) atoms. The molecule has 3 N–H and O–H groups in total. The van der Waals surface area contributed by atoms with Crippen LogP contribution in [0.25, 0.3) is 0 Å². The lowest BCUT2D eigenvalue weighted by Gasteiger charge is -2.12. The summed E-state index contributed by atoms with van der Waals surface area (Å²) in [5.41, 5.74) is 1.12. The average molecular weight is 275 g/mol. The van der Waals surface area contributed by atoms with E-state index in [2.05, 4.69) is 10.6 Å². The van der Waals surface area contributed by atoms with Crippen LogP contribution in [0.2, 0.25) is 0 Å². The van der Waals surface area contributed by atoms with Crippen molar-refractivity contribution in [3.8, 4) is 6.07 Å². The number of hydrogen-bond acceptors (Lipinski definition) is 3. The van der Waals surface area contributed by atoms with Gasteiger partial charge in [0.25, 0.3) is 0 Å². The first-order chi connectivity index (χ1) is 9.51.